The molecule has 0 unspecified atom stereocenters. The first kappa shape index (κ1) is 27.1. The molecule has 0 bridgehead atoms. The molecule has 0 saturated heterocycles. The van der Waals surface area contributed by atoms with Crippen LogP contribution in [0.5, 0.6) is 11.6 Å². The van der Waals surface area contributed by atoms with E-state index in [1.54, 1.807) is 16.8 Å². The predicted octanol–water partition coefficient (Wildman–Crippen LogP) is 6.95. The molecule has 0 aliphatic carbocycles. The summed E-state index contributed by atoms with van der Waals surface area (Å²) in [6.45, 7) is 8.22. The van der Waals surface area contributed by atoms with Gasteiger partial charge in [0, 0.05) is 34.5 Å². The molecule has 5 rings (SSSR count). The Balaban J connectivity index is 1.41. The molecule has 0 atom stereocenters. The largest absolute Gasteiger partial charge is 0.465 e. The highest BCUT2D eigenvalue weighted by Crippen LogP contribution is 2.34. The van der Waals surface area contributed by atoms with E-state index in [9.17, 15) is 9.59 Å². The SMILES string of the molecule is Cc1ccc(-n2nc(C(C)(C)C)cc2NC(=O)Nc2ccc(Oc3ccnc(NC(=O)O)n3)c3ccccc23)cc1. The number of benzene rings is 3. The minimum absolute atomic E-state index is 0.103. The van der Waals surface area contributed by atoms with Crippen LogP contribution in [0.3, 0.4) is 0 Å². The number of hydrogen-bond acceptors (Lipinski definition) is 6. The van der Waals surface area contributed by atoms with Crippen molar-refractivity contribution in [3.63, 3.8) is 0 Å². The molecule has 0 radical (unpaired) electrons. The quantitative estimate of drug-likeness (QED) is 0.179. The third-order valence-electron chi connectivity index (χ3n) is 6.19. The van der Waals surface area contributed by atoms with Crippen molar-refractivity contribution in [2.75, 3.05) is 16.0 Å². The number of anilines is 3. The second-order valence-electron chi connectivity index (χ2n) is 10.4. The Labute approximate surface area is 236 Å². The summed E-state index contributed by atoms with van der Waals surface area (Å²) < 4.78 is 7.68. The Morgan fingerprint density at radius 3 is 2.34 bits per heavy atom. The summed E-state index contributed by atoms with van der Waals surface area (Å²) in [5.74, 6) is 1.06. The molecule has 2 heterocycles. The molecular weight excluding hydrogens is 522 g/mol. The molecule has 0 aliphatic rings. The second kappa shape index (κ2) is 11.0. The van der Waals surface area contributed by atoms with E-state index in [0.29, 0.717) is 17.3 Å². The standard InChI is InChI=1S/C30H29N7O4/c1-18-9-11-19(12-10-18)37-25(17-24(36-37)30(2,3)4)33-28(38)32-22-13-14-23(21-8-6-5-7-20(21)22)41-26-15-16-31-27(34-26)35-29(39)40/h5-17H,1-4H3,(H,39,40)(H,31,34,35)(H2,32,33,38). The first-order chi connectivity index (χ1) is 19.6. The highest BCUT2D eigenvalue weighted by molar-refractivity contribution is 6.07. The Hall–Kier alpha value is -5.45. The number of amides is 3. The average Bonchev–Trinajstić information content (AvgIpc) is 3.34. The molecule has 0 saturated carbocycles. The van der Waals surface area contributed by atoms with Crippen LogP contribution in [0.15, 0.2) is 79.0 Å². The average molecular weight is 552 g/mol. The van der Waals surface area contributed by atoms with Gasteiger partial charge in [-0.25, -0.2) is 19.3 Å². The summed E-state index contributed by atoms with van der Waals surface area (Å²) in [6.07, 6.45) is 0.112. The van der Waals surface area contributed by atoms with Gasteiger partial charge in [-0.05, 0) is 31.2 Å². The van der Waals surface area contributed by atoms with E-state index < -0.39 is 12.1 Å². The maximum atomic E-state index is 13.3. The minimum atomic E-state index is -1.28. The van der Waals surface area contributed by atoms with Crippen molar-refractivity contribution in [1.29, 1.82) is 0 Å². The lowest BCUT2D eigenvalue weighted by molar-refractivity contribution is 0.209. The zero-order valence-corrected chi connectivity index (χ0v) is 23.0. The van der Waals surface area contributed by atoms with Crippen LogP contribution in [0.2, 0.25) is 0 Å². The Morgan fingerprint density at radius 2 is 1.63 bits per heavy atom. The van der Waals surface area contributed by atoms with E-state index in [2.05, 4.69) is 46.7 Å². The first-order valence-electron chi connectivity index (χ1n) is 12.8. The van der Waals surface area contributed by atoms with Crippen LogP contribution < -0.4 is 20.7 Å². The highest BCUT2D eigenvalue weighted by Gasteiger charge is 2.22. The fourth-order valence-electron chi connectivity index (χ4n) is 4.13. The fraction of sp³-hybridized carbons (Fsp3) is 0.167. The normalized spacial score (nSPS) is 11.2. The number of nitrogens with zero attached hydrogens (tertiary/aromatic N) is 4. The van der Waals surface area contributed by atoms with Gasteiger partial charge in [0.15, 0.2) is 0 Å². The lowest BCUT2D eigenvalue weighted by atomic mass is 9.92. The van der Waals surface area contributed by atoms with Crippen LogP contribution in [-0.4, -0.2) is 37.0 Å². The van der Waals surface area contributed by atoms with Gasteiger partial charge in [-0.15, -0.1) is 0 Å². The summed E-state index contributed by atoms with van der Waals surface area (Å²) in [5.41, 5.74) is 3.15. The van der Waals surface area contributed by atoms with Gasteiger partial charge < -0.3 is 15.2 Å². The number of aromatic nitrogens is 4. The number of carbonyl (C=O) groups excluding carboxylic acids is 1. The molecule has 0 aliphatic heterocycles. The third-order valence-corrected chi connectivity index (χ3v) is 6.19. The Kier molecular flexibility index (Phi) is 7.26. The van der Waals surface area contributed by atoms with Gasteiger partial charge in [0.2, 0.25) is 11.8 Å². The molecule has 2 aromatic heterocycles. The molecule has 41 heavy (non-hydrogen) atoms. The zero-order chi connectivity index (χ0) is 29.1. The zero-order valence-electron chi connectivity index (χ0n) is 23.0. The molecule has 3 aromatic carbocycles. The van der Waals surface area contributed by atoms with Crippen molar-refractivity contribution in [3.8, 4) is 17.3 Å². The lowest BCUT2D eigenvalue weighted by Crippen LogP contribution is -2.21. The van der Waals surface area contributed by atoms with Crippen molar-refractivity contribution in [2.24, 2.45) is 0 Å². The number of nitrogens with one attached hydrogen (secondary N) is 3. The van der Waals surface area contributed by atoms with Crippen molar-refractivity contribution in [2.45, 2.75) is 33.1 Å². The van der Waals surface area contributed by atoms with Crippen molar-refractivity contribution in [1.82, 2.24) is 19.7 Å². The smallest absolute Gasteiger partial charge is 0.411 e. The van der Waals surface area contributed by atoms with Gasteiger partial charge in [0.25, 0.3) is 0 Å². The van der Waals surface area contributed by atoms with Crippen molar-refractivity contribution in [3.05, 3.63) is 90.3 Å². The lowest BCUT2D eigenvalue weighted by Gasteiger charge is -2.14. The molecule has 0 fully saturated rings. The predicted molar refractivity (Wildman–Crippen MR) is 157 cm³/mol. The third kappa shape index (κ3) is 6.25. The monoisotopic (exact) mass is 551 g/mol. The number of urea groups is 1. The highest BCUT2D eigenvalue weighted by atomic mass is 16.5. The summed E-state index contributed by atoms with van der Waals surface area (Å²) in [7, 11) is 0. The summed E-state index contributed by atoms with van der Waals surface area (Å²) in [6, 6.07) is 21.7. The van der Waals surface area contributed by atoms with Crippen LogP contribution in [0.25, 0.3) is 16.5 Å². The van der Waals surface area contributed by atoms with Crippen LogP contribution in [0.4, 0.5) is 27.0 Å². The maximum absolute atomic E-state index is 13.3. The summed E-state index contributed by atoms with van der Waals surface area (Å²) >= 11 is 0. The van der Waals surface area contributed by atoms with E-state index in [1.165, 1.54) is 12.3 Å². The Morgan fingerprint density at radius 1 is 0.902 bits per heavy atom. The number of carboxylic acid groups (broad SMARTS) is 1. The summed E-state index contributed by atoms with van der Waals surface area (Å²) in [4.78, 5) is 32.1. The molecule has 5 aromatic rings. The fourth-order valence-corrected chi connectivity index (χ4v) is 4.13. The molecule has 0 spiro atoms. The van der Waals surface area contributed by atoms with E-state index in [0.717, 1.165) is 27.7 Å². The number of aryl methyl sites for hydroxylation is 1. The summed E-state index contributed by atoms with van der Waals surface area (Å²) in [5, 5.41) is 23.2. The van der Waals surface area contributed by atoms with Crippen LogP contribution >= 0.6 is 0 Å². The van der Waals surface area contributed by atoms with Gasteiger partial charge in [-0.3, -0.25) is 10.6 Å². The van der Waals surface area contributed by atoms with E-state index in [4.69, 9.17) is 14.9 Å². The van der Waals surface area contributed by atoms with Gasteiger partial charge >= 0.3 is 12.1 Å². The Bertz CT molecular complexity index is 1740. The van der Waals surface area contributed by atoms with Crippen LogP contribution in [0, 0.1) is 6.92 Å². The van der Waals surface area contributed by atoms with Crippen molar-refractivity contribution >= 4 is 40.4 Å². The molecule has 3 amide bonds. The molecular formula is C30H29N7O4. The molecule has 11 heteroatoms. The number of rotatable bonds is 6. The van der Waals surface area contributed by atoms with Crippen molar-refractivity contribution < 1.29 is 19.4 Å². The van der Waals surface area contributed by atoms with E-state index in [1.807, 2.05) is 61.5 Å². The van der Waals surface area contributed by atoms with Gasteiger partial charge in [0.1, 0.15) is 11.6 Å². The molecule has 11 nitrogen and oxygen atoms in total. The topological polar surface area (TPSA) is 143 Å². The maximum Gasteiger partial charge on any atom is 0.411 e. The van der Waals surface area contributed by atoms with Crippen LogP contribution in [-0.2, 0) is 5.41 Å². The minimum Gasteiger partial charge on any atom is -0.465 e. The molecule has 208 valence electrons. The number of ether oxygens (including phenoxy) is 1. The second-order valence-corrected chi connectivity index (χ2v) is 10.4. The van der Waals surface area contributed by atoms with Crippen LogP contribution in [0.1, 0.15) is 32.0 Å². The number of carbonyl (C=O) groups is 2. The molecule has 4 N–H and O–H groups in total. The van der Waals surface area contributed by atoms with E-state index in [-0.39, 0.29) is 17.2 Å². The van der Waals surface area contributed by atoms with Gasteiger partial charge in [-0.1, -0.05) is 62.7 Å². The van der Waals surface area contributed by atoms with Gasteiger partial charge in [-0.2, -0.15) is 10.1 Å². The van der Waals surface area contributed by atoms with Gasteiger partial charge in [0.05, 0.1) is 17.1 Å². The first-order valence-corrected chi connectivity index (χ1v) is 12.8. The number of hydrogen-bond donors (Lipinski definition) is 4. The number of fused-ring (bicyclic) bond motifs is 1. The van der Waals surface area contributed by atoms with E-state index >= 15 is 0 Å².